The number of esters is 1. The maximum Gasteiger partial charge on any atom is 0.363 e. The van der Waals surface area contributed by atoms with E-state index in [1.165, 1.54) is 18.2 Å². The number of halogens is 3. The molecule has 1 heterocycles. The molecule has 1 aliphatic heterocycles. The van der Waals surface area contributed by atoms with Gasteiger partial charge in [-0.3, -0.25) is 0 Å². The predicted octanol–water partition coefficient (Wildman–Crippen LogP) is 4.48. The van der Waals surface area contributed by atoms with Gasteiger partial charge in [0, 0.05) is 0 Å². The second-order valence-electron chi connectivity index (χ2n) is 4.49. The Morgan fingerprint density at radius 1 is 1.09 bits per heavy atom. The number of benzene rings is 2. The number of ether oxygens (including phenoxy) is 1. The number of cyclic esters (lactones) is 1. The summed E-state index contributed by atoms with van der Waals surface area (Å²) in [5, 5.41) is 0.772. The predicted molar refractivity (Wildman–Crippen MR) is 83.5 cm³/mol. The molecule has 0 aromatic heterocycles. The maximum atomic E-state index is 13.7. The van der Waals surface area contributed by atoms with E-state index >= 15 is 0 Å². The Bertz CT molecular complexity index is 831. The van der Waals surface area contributed by atoms with Crippen LogP contribution in [0.15, 0.2) is 53.2 Å². The van der Waals surface area contributed by atoms with E-state index < -0.39 is 11.8 Å². The van der Waals surface area contributed by atoms with Crippen LogP contribution >= 0.6 is 23.2 Å². The Labute approximate surface area is 135 Å². The van der Waals surface area contributed by atoms with Gasteiger partial charge in [-0.1, -0.05) is 41.4 Å². The van der Waals surface area contributed by atoms with Gasteiger partial charge < -0.3 is 4.74 Å². The van der Waals surface area contributed by atoms with E-state index in [1.54, 1.807) is 30.3 Å². The molecule has 3 rings (SSSR count). The summed E-state index contributed by atoms with van der Waals surface area (Å²) in [5.74, 6) is -1.22. The minimum Gasteiger partial charge on any atom is -0.402 e. The van der Waals surface area contributed by atoms with Crippen molar-refractivity contribution in [1.82, 2.24) is 0 Å². The number of carbonyl (C=O) groups excluding carboxylic acids is 1. The van der Waals surface area contributed by atoms with Crippen molar-refractivity contribution in [1.29, 1.82) is 0 Å². The molecule has 0 saturated carbocycles. The molecule has 6 heteroatoms. The molecule has 1 aliphatic rings. The van der Waals surface area contributed by atoms with Gasteiger partial charge in [0.05, 0.1) is 15.6 Å². The third kappa shape index (κ3) is 2.89. The minimum absolute atomic E-state index is 0.0607. The van der Waals surface area contributed by atoms with Gasteiger partial charge in [-0.15, -0.1) is 0 Å². The zero-order valence-corrected chi connectivity index (χ0v) is 12.5. The van der Waals surface area contributed by atoms with Gasteiger partial charge in [0.25, 0.3) is 0 Å². The zero-order valence-electron chi connectivity index (χ0n) is 11.0. The first kappa shape index (κ1) is 14.8. The van der Waals surface area contributed by atoms with Gasteiger partial charge >= 0.3 is 5.97 Å². The van der Waals surface area contributed by atoms with E-state index in [0.717, 1.165) is 0 Å². The molecule has 22 heavy (non-hydrogen) atoms. The lowest BCUT2D eigenvalue weighted by Gasteiger charge is -1.99. The lowest BCUT2D eigenvalue weighted by molar-refractivity contribution is -0.129. The van der Waals surface area contributed by atoms with Crippen LogP contribution in [0.25, 0.3) is 6.08 Å². The van der Waals surface area contributed by atoms with Gasteiger partial charge in [-0.05, 0) is 35.9 Å². The zero-order chi connectivity index (χ0) is 15.7. The monoisotopic (exact) mass is 335 g/mol. The third-order valence-electron chi connectivity index (χ3n) is 2.97. The van der Waals surface area contributed by atoms with Gasteiger partial charge in [0.1, 0.15) is 5.82 Å². The van der Waals surface area contributed by atoms with Crippen molar-refractivity contribution in [2.45, 2.75) is 0 Å². The van der Waals surface area contributed by atoms with E-state index in [-0.39, 0.29) is 17.2 Å². The first-order chi connectivity index (χ1) is 10.5. The number of hydrogen-bond acceptors (Lipinski definition) is 3. The number of hydrogen-bond donors (Lipinski definition) is 0. The minimum atomic E-state index is -0.649. The van der Waals surface area contributed by atoms with Gasteiger partial charge in [0.15, 0.2) is 5.70 Å². The lowest BCUT2D eigenvalue weighted by atomic mass is 10.2. The second kappa shape index (κ2) is 5.91. The summed E-state index contributed by atoms with van der Waals surface area (Å²) in [4.78, 5) is 15.9. The molecule has 0 aliphatic carbocycles. The highest BCUT2D eigenvalue weighted by Crippen LogP contribution is 2.25. The highest BCUT2D eigenvalue weighted by atomic mass is 35.5. The quantitative estimate of drug-likeness (QED) is 0.599. The van der Waals surface area contributed by atoms with E-state index in [0.29, 0.717) is 15.6 Å². The first-order valence-corrected chi connectivity index (χ1v) is 7.03. The molecule has 2 aromatic rings. The average Bonchev–Trinajstić information content (AvgIpc) is 2.84. The van der Waals surface area contributed by atoms with Gasteiger partial charge in [-0.25, -0.2) is 14.2 Å². The molecule has 0 radical (unpaired) electrons. The molecule has 3 nitrogen and oxygen atoms in total. The molecule has 110 valence electrons. The number of rotatable bonds is 2. The summed E-state index contributed by atoms with van der Waals surface area (Å²) >= 11 is 11.8. The SMILES string of the molecule is O=C1OC(c2ccccc2F)=N/C1=C/c1ccc(Cl)c(Cl)c1. The van der Waals surface area contributed by atoms with Crippen LogP contribution in [0.1, 0.15) is 11.1 Å². The number of aliphatic imine (C=N–C) groups is 1. The molecule has 2 aromatic carbocycles. The molecule has 0 spiro atoms. The Morgan fingerprint density at radius 3 is 2.59 bits per heavy atom. The van der Waals surface area contributed by atoms with Crippen LogP contribution in [0.2, 0.25) is 10.0 Å². The molecule has 0 amide bonds. The van der Waals surface area contributed by atoms with Crippen molar-refractivity contribution in [3.05, 3.63) is 75.2 Å². The highest BCUT2D eigenvalue weighted by Gasteiger charge is 2.25. The Kier molecular flexibility index (Phi) is 3.96. The van der Waals surface area contributed by atoms with Crippen LogP contribution in [-0.4, -0.2) is 11.9 Å². The standard InChI is InChI=1S/C16H8Cl2FNO2/c17-11-6-5-9(7-12(11)18)8-14-16(21)22-15(20-14)10-3-1-2-4-13(10)19/h1-8H/b14-8+. The van der Waals surface area contributed by atoms with Crippen molar-refractivity contribution >= 4 is 41.1 Å². The number of carbonyl (C=O) groups is 1. The maximum absolute atomic E-state index is 13.7. The molecular formula is C16H8Cl2FNO2. The van der Waals surface area contributed by atoms with Gasteiger partial charge in [0.2, 0.25) is 5.90 Å². The molecule has 0 unspecified atom stereocenters. The fraction of sp³-hybridized carbons (Fsp3) is 0. The topological polar surface area (TPSA) is 38.7 Å². The van der Waals surface area contributed by atoms with Crippen LogP contribution in [0, 0.1) is 5.82 Å². The lowest BCUT2D eigenvalue weighted by Crippen LogP contribution is -2.07. The van der Waals surface area contributed by atoms with E-state index in [4.69, 9.17) is 27.9 Å². The first-order valence-electron chi connectivity index (χ1n) is 6.27. The summed E-state index contributed by atoms with van der Waals surface area (Å²) in [6, 6.07) is 10.8. The van der Waals surface area contributed by atoms with Crippen molar-refractivity contribution in [2.75, 3.05) is 0 Å². The molecular weight excluding hydrogens is 328 g/mol. The molecule has 0 bridgehead atoms. The van der Waals surface area contributed by atoms with Crippen LogP contribution in [-0.2, 0) is 9.53 Å². The van der Waals surface area contributed by atoms with Crippen molar-refractivity contribution in [2.24, 2.45) is 4.99 Å². The summed E-state index contributed by atoms with van der Waals surface area (Å²) in [7, 11) is 0. The van der Waals surface area contributed by atoms with Crippen molar-refractivity contribution in [3.8, 4) is 0 Å². The van der Waals surface area contributed by atoms with Crippen LogP contribution in [0.3, 0.4) is 0 Å². The van der Waals surface area contributed by atoms with Crippen molar-refractivity contribution < 1.29 is 13.9 Å². The van der Waals surface area contributed by atoms with Crippen LogP contribution in [0.5, 0.6) is 0 Å². The molecule has 0 fully saturated rings. The molecule has 0 N–H and O–H groups in total. The average molecular weight is 336 g/mol. The normalized spacial score (nSPS) is 15.9. The van der Waals surface area contributed by atoms with Gasteiger partial charge in [-0.2, -0.15) is 0 Å². The smallest absolute Gasteiger partial charge is 0.363 e. The Balaban J connectivity index is 1.98. The number of nitrogens with zero attached hydrogens (tertiary/aromatic N) is 1. The fourth-order valence-electron chi connectivity index (χ4n) is 1.92. The Hall–Kier alpha value is -2.17. The summed E-state index contributed by atoms with van der Waals surface area (Å²) in [6.07, 6.45) is 1.50. The highest BCUT2D eigenvalue weighted by molar-refractivity contribution is 6.42. The largest absolute Gasteiger partial charge is 0.402 e. The summed E-state index contributed by atoms with van der Waals surface area (Å²) in [5.41, 5.74) is 0.838. The second-order valence-corrected chi connectivity index (χ2v) is 5.30. The van der Waals surface area contributed by atoms with E-state index in [2.05, 4.69) is 4.99 Å². The fourth-order valence-corrected chi connectivity index (χ4v) is 2.23. The molecule has 0 saturated heterocycles. The van der Waals surface area contributed by atoms with Crippen molar-refractivity contribution in [3.63, 3.8) is 0 Å². The van der Waals surface area contributed by atoms with E-state index in [9.17, 15) is 9.18 Å². The molecule has 0 atom stereocenters. The van der Waals surface area contributed by atoms with Crippen LogP contribution < -0.4 is 0 Å². The Morgan fingerprint density at radius 2 is 1.86 bits per heavy atom. The van der Waals surface area contributed by atoms with E-state index in [1.807, 2.05) is 0 Å². The summed E-state index contributed by atoms with van der Waals surface area (Å²) < 4.78 is 18.7. The third-order valence-corrected chi connectivity index (χ3v) is 3.71. The van der Waals surface area contributed by atoms with Crippen LogP contribution in [0.4, 0.5) is 4.39 Å². The summed E-state index contributed by atoms with van der Waals surface area (Å²) in [6.45, 7) is 0.